The van der Waals surface area contributed by atoms with Crippen LogP contribution in [0.3, 0.4) is 0 Å². The zero-order valence-corrected chi connectivity index (χ0v) is 8.16. The zero-order valence-electron chi connectivity index (χ0n) is 8.16. The first-order valence-corrected chi connectivity index (χ1v) is 4.14. The normalized spacial score (nSPS) is 10.2. The summed E-state index contributed by atoms with van der Waals surface area (Å²) >= 11 is 0. The number of aryl methyl sites for hydroxylation is 1. The second-order valence-corrected chi connectivity index (χ2v) is 3.20. The molecule has 0 spiro atoms. The molecule has 0 saturated carbocycles. The van der Waals surface area contributed by atoms with E-state index in [9.17, 15) is 4.79 Å². The lowest BCUT2D eigenvalue weighted by molar-refractivity contribution is 0.0857. The molecule has 0 atom stereocenters. The molecule has 70 valence electrons. The Bertz CT molecular complexity index is 308. The first kappa shape index (κ1) is 9.74. The number of hydrogen-bond acceptors (Lipinski definition) is 2. The van der Waals surface area contributed by atoms with Gasteiger partial charge in [-0.3, -0.25) is 10.2 Å². The summed E-state index contributed by atoms with van der Waals surface area (Å²) in [6, 6.07) is 7.50. The summed E-state index contributed by atoms with van der Waals surface area (Å²) in [5.41, 5.74) is 4.46. The SMILES string of the molecule is Cc1cccc(C(=O)NN(C)C)c1. The smallest absolute Gasteiger partial charge is 0.265 e. The van der Waals surface area contributed by atoms with E-state index in [1.165, 1.54) is 0 Å². The summed E-state index contributed by atoms with van der Waals surface area (Å²) < 4.78 is 0. The summed E-state index contributed by atoms with van der Waals surface area (Å²) in [4.78, 5) is 11.5. The molecule has 1 aromatic rings. The summed E-state index contributed by atoms with van der Waals surface area (Å²) in [5.74, 6) is -0.0753. The molecule has 0 aliphatic heterocycles. The predicted octanol–water partition coefficient (Wildman–Crippen LogP) is 1.20. The molecule has 3 heteroatoms. The van der Waals surface area contributed by atoms with Crippen LogP contribution in [0, 0.1) is 6.92 Å². The highest BCUT2D eigenvalue weighted by Crippen LogP contribution is 2.03. The number of amides is 1. The molecular weight excluding hydrogens is 164 g/mol. The third-order valence-corrected chi connectivity index (χ3v) is 1.61. The van der Waals surface area contributed by atoms with Crippen LogP contribution in [0.5, 0.6) is 0 Å². The van der Waals surface area contributed by atoms with Gasteiger partial charge in [-0.25, -0.2) is 5.01 Å². The maximum atomic E-state index is 11.5. The van der Waals surface area contributed by atoms with E-state index in [-0.39, 0.29) is 5.91 Å². The standard InChI is InChI=1S/C10H14N2O/c1-8-5-4-6-9(7-8)10(13)11-12(2)3/h4-7H,1-3H3,(H,11,13). The van der Waals surface area contributed by atoms with E-state index in [1.807, 2.05) is 25.1 Å². The monoisotopic (exact) mass is 178 g/mol. The van der Waals surface area contributed by atoms with E-state index < -0.39 is 0 Å². The van der Waals surface area contributed by atoms with Crippen LogP contribution in [0.1, 0.15) is 15.9 Å². The highest BCUT2D eigenvalue weighted by atomic mass is 16.2. The van der Waals surface area contributed by atoms with Crippen molar-refractivity contribution in [1.82, 2.24) is 10.4 Å². The van der Waals surface area contributed by atoms with Gasteiger partial charge in [0.2, 0.25) is 0 Å². The third kappa shape index (κ3) is 2.87. The van der Waals surface area contributed by atoms with Crippen molar-refractivity contribution in [1.29, 1.82) is 0 Å². The Balaban J connectivity index is 2.77. The van der Waals surface area contributed by atoms with E-state index in [0.29, 0.717) is 5.56 Å². The van der Waals surface area contributed by atoms with Crippen LogP contribution in [0.25, 0.3) is 0 Å². The lowest BCUT2D eigenvalue weighted by atomic mass is 10.1. The Morgan fingerprint density at radius 2 is 2.08 bits per heavy atom. The van der Waals surface area contributed by atoms with Gasteiger partial charge in [-0.15, -0.1) is 0 Å². The number of hydrazine groups is 1. The summed E-state index contributed by atoms with van der Waals surface area (Å²) in [5, 5.41) is 1.63. The predicted molar refractivity (Wildman–Crippen MR) is 52.3 cm³/mol. The van der Waals surface area contributed by atoms with Crippen LogP contribution >= 0.6 is 0 Å². The number of nitrogens with zero attached hydrogens (tertiary/aromatic N) is 1. The van der Waals surface area contributed by atoms with Crippen molar-refractivity contribution >= 4 is 5.91 Å². The van der Waals surface area contributed by atoms with Gasteiger partial charge < -0.3 is 0 Å². The van der Waals surface area contributed by atoms with Crippen LogP contribution in [0.2, 0.25) is 0 Å². The first-order valence-electron chi connectivity index (χ1n) is 4.14. The van der Waals surface area contributed by atoms with E-state index >= 15 is 0 Å². The molecule has 0 aliphatic rings. The molecule has 3 nitrogen and oxygen atoms in total. The molecule has 0 fully saturated rings. The van der Waals surface area contributed by atoms with Crippen molar-refractivity contribution in [2.24, 2.45) is 0 Å². The fourth-order valence-corrected chi connectivity index (χ4v) is 1.05. The highest BCUT2D eigenvalue weighted by Gasteiger charge is 2.04. The van der Waals surface area contributed by atoms with E-state index in [2.05, 4.69) is 5.43 Å². The Hall–Kier alpha value is -1.35. The summed E-state index contributed by atoms with van der Waals surface area (Å²) in [7, 11) is 3.57. The van der Waals surface area contributed by atoms with Gasteiger partial charge in [0.1, 0.15) is 0 Å². The summed E-state index contributed by atoms with van der Waals surface area (Å²) in [6.07, 6.45) is 0. The average Bonchev–Trinajstić information content (AvgIpc) is 2.03. The molecule has 13 heavy (non-hydrogen) atoms. The number of nitrogens with one attached hydrogen (secondary N) is 1. The van der Waals surface area contributed by atoms with Crippen molar-refractivity contribution in [2.45, 2.75) is 6.92 Å². The maximum Gasteiger partial charge on any atom is 0.265 e. The first-order chi connectivity index (χ1) is 6.09. The van der Waals surface area contributed by atoms with Crippen molar-refractivity contribution in [3.05, 3.63) is 35.4 Å². The fourth-order valence-electron chi connectivity index (χ4n) is 1.05. The number of carbonyl (C=O) groups is 1. The molecule has 0 heterocycles. The third-order valence-electron chi connectivity index (χ3n) is 1.61. The second-order valence-electron chi connectivity index (χ2n) is 3.20. The van der Waals surface area contributed by atoms with Crippen molar-refractivity contribution in [3.8, 4) is 0 Å². The number of rotatable bonds is 2. The minimum absolute atomic E-state index is 0.0753. The maximum absolute atomic E-state index is 11.5. The van der Waals surface area contributed by atoms with Gasteiger partial charge in [0, 0.05) is 19.7 Å². The second kappa shape index (κ2) is 4.05. The van der Waals surface area contributed by atoms with E-state index in [4.69, 9.17) is 0 Å². The molecule has 0 saturated heterocycles. The van der Waals surface area contributed by atoms with Crippen LogP contribution in [0.4, 0.5) is 0 Å². The Morgan fingerprint density at radius 1 is 1.38 bits per heavy atom. The molecule has 0 aliphatic carbocycles. The molecule has 0 bridgehead atoms. The van der Waals surface area contributed by atoms with Gasteiger partial charge in [0.25, 0.3) is 5.91 Å². The quantitative estimate of drug-likeness (QED) is 0.690. The van der Waals surface area contributed by atoms with Gasteiger partial charge in [-0.05, 0) is 19.1 Å². The van der Waals surface area contributed by atoms with Gasteiger partial charge in [0.05, 0.1) is 0 Å². The Morgan fingerprint density at radius 3 is 2.62 bits per heavy atom. The Kier molecular flexibility index (Phi) is 3.03. The minimum atomic E-state index is -0.0753. The summed E-state index contributed by atoms with van der Waals surface area (Å²) in [6.45, 7) is 1.96. The lowest BCUT2D eigenvalue weighted by Gasteiger charge is -2.11. The van der Waals surface area contributed by atoms with Gasteiger partial charge in [-0.1, -0.05) is 17.7 Å². The molecule has 1 amide bonds. The average molecular weight is 178 g/mol. The van der Waals surface area contributed by atoms with Gasteiger partial charge in [0.15, 0.2) is 0 Å². The number of carbonyl (C=O) groups excluding carboxylic acids is 1. The van der Waals surface area contributed by atoms with Crippen LogP contribution in [0.15, 0.2) is 24.3 Å². The van der Waals surface area contributed by atoms with Crippen molar-refractivity contribution in [2.75, 3.05) is 14.1 Å². The Labute approximate surface area is 78.3 Å². The zero-order chi connectivity index (χ0) is 9.84. The molecule has 1 N–H and O–H groups in total. The highest BCUT2D eigenvalue weighted by molar-refractivity contribution is 5.93. The van der Waals surface area contributed by atoms with Crippen LogP contribution < -0.4 is 5.43 Å². The van der Waals surface area contributed by atoms with Crippen molar-refractivity contribution < 1.29 is 4.79 Å². The molecular formula is C10H14N2O. The van der Waals surface area contributed by atoms with Gasteiger partial charge in [-0.2, -0.15) is 0 Å². The van der Waals surface area contributed by atoms with Crippen LogP contribution in [-0.2, 0) is 0 Å². The fraction of sp³-hybridized carbons (Fsp3) is 0.300. The largest absolute Gasteiger partial charge is 0.285 e. The lowest BCUT2D eigenvalue weighted by Crippen LogP contribution is -2.36. The molecule has 1 rings (SSSR count). The number of hydrogen-bond donors (Lipinski definition) is 1. The minimum Gasteiger partial charge on any atom is -0.285 e. The molecule has 0 aromatic heterocycles. The van der Waals surface area contributed by atoms with Crippen LogP contribution in [-0.4, -0.2) is 25.0 Å². The molecule has 0 unspecified atom stereocenters. The number of benzene rings is 1. The van der Waals surface area contributed by atoms with E-state index in [1.54, 1.807) is 25.2 Å². The van der Waals surface area contributed by atoms with E-state index in [0.717, 1.165) is 5.56 Å². The van der Waals surface area contributed by atoms with Crippen molar-refractivity contribution in [3.63, 3.8) is 0 Å². The topological polar surface area (TPSA) is 32.3 Å². The molecule has 0 radical (unpaired) electrons. The van der Waals surface area contributed by atoms with Gasteiger partial charge >= 0.3 is 0 Å². The molecule has 1 aromatic carbocycles.